The molecule has 0 spiro atoms. The number of thiazole rings is 1. The smallest absolute Gasteiger partial charge is 0.323 e. The van der Waals surface area contributed by atoms with Crippen LogP contribution in [0.1, 0.15) is 12.6 Å². The summed E-state index contributed by atoms with van der Waals surface area (Å²) in [6, 6.07) is 4.44. The number of anilines is 3. The maximum atomic E-state index is 12.3. The van der Waals surface area contributed by atoms with Gasteiger partial charge in [0.1, 0.15) is 5.75 Å². The number of amides is 3. The highest BCUT2D eigenvalue weighted by atomic mass is 32.2. The minimum Gasteiger partial charge on any atom is -0.494 e. The molecular formula is C17H21N5O5S2. The molecule has 0 unspecified atom stereocenters. The van der Waals surface area contributed by atoms with Gasteiger partial charge in [0, 0.05) is 30.2 Å². The molecule has 2 aromatic rings. The van der Waals surface area contributed by atoms with Crippen LogP contribution in [0.4, 0.5) is 21.3 Å². The first-order valence-corrected chi connectivity index (χ1v) is 11.3. The van der Waals surface area contributed by atoms with Crippen molar-refractivity contribution in [3.05, 3.63) is 29.3 Å². The lowest BCUT2D eigenvalue weighted by molar-refractivity contribution is -0.115. The van der Waals surface area contributed by atoms with Crippen molar-refractivity contribution in [3.8, 4) is 5.75 Å². The summed E-state index contributed by atoms with van der Waals surface area (Å²) in [5, 5.41) is 7.73. The van der Waals surface area contributed by atoms with Gasteiger partial charge in [-0.2, -0.15) is 0 Å². The van der Waals surface area contributed by atoms with E-state index in [0.29, 0.717) is 35.3 Å². The van der Waals surface area contributed by atoms with Crippen LogP contribution >= 0.6 is 11.3 Å². The average Bonchev–Trinajstić information content (AvgIpc) is 3.31. The Bertz CT molecular complexity index is 1020. The predicted molar refractivity (Wildman–Crippen MR) is 111 cm³/mol. The summed E-state index contributed by atoms with van der Waals surface area (Å²) in [7, 11) is -2.03. The zero-order chi connectivity index (χ0) is 21.0. The summed E-state index contributed by atoms with van der Waals surface area (Å²) in [5.74, 6) is -0.0731. The fraction of sp³-hybridized carbons (Fsp3) is 0.353. The second-order valence-corrected chi connectivity index (χ2v) is 9.00. The number of benzene rings is 1. The monoisotopic (exact) mass is 439 g/mol. The van der Waals surface area contributed by atoms with Gasteiger partial charge < -0.3 is 15.4 Å². The average molecular weight is 440 g/mol. The van der Waals surface area contributed by atoms with Crippen molar-refractivity contribution in [2.24, 2.45) is 0 Å². The van der Waals surface area contributed by atoms with Gasteiger partial charge >= 0.3 is 6.03 Å². The standard InChI is InChI=1S/C17H21N5O5S2/c1-3-29(25,26)21-13-5-4-11(8-14(13)27-2)19-15(23)9-12-10-28-17(20-12)22-7-6-18-16(22)24/h4-5,8,10,21H,3,6-7,9H2,1-2H3,(H,18,24)(H,19,23). The molecule has 1 saturated heterocycles. The molecule has 156 valence electrons. The van der Waals surface area contributed by atoms with Crippen molar-refractivity contribution >= 4 is 49.8 Å². The first-order valence-electron chi connectivity index (χ1n) is 8.79. The summed E-state index contributed by atoms with van der Waals surface area (Å²) in [5.41, 5.74) is 1.31. The van der Waals surface area contributed by atoms with Gasteiger partial charge in [-0.25, -0.2) is 18.2 Å². The molecule has 3 amide bonds. The minimum absolute atomic E-state index is 0.0402. The Hall–Kier alpha value is -2.86. The second kappa shape index (κ2) is 8.66. The van der Waals surface area contributed by atoms with E-state index >= 15 is 0 Å². The molecule has 3 rings (SSSR count). The Morgan fingerprint density at radius 2 is 2.21 bits per heavy atom. The largest absolute Gasteiger partial charge is 0.494 e. The highest BCUT2D eigenvalue weighted by Gasteiger charge is 2.24. The van der Waals surface area contributed by atoms with Crippen LogP contribution in [-0.2, 0) is 21.2 Å². The lowest BCUT2D eigenvalue weighted by Gasteiger charge is -2.13. The Morgan fingerprint density at radius 3 is 2.86 bits per heavy atom. The Balaban J connectivity index is 1.65. The quantitative estimate of drug-likeness (QED) is 0.573. The summed E-state index contributed by atoms with van der Waals surface area (Å²) in [6.07, 6.45) is 0.0402. The van der Waals surface area contributed by atoms with Crippen LogP contribution in [0.25, 0.3) is 0 Å². The molecule has 0 aliphatic carbocycles. The molecule has 0 bridgehead atoms. The van der Waals surface area contributed by atoms with E-state index in [0.717, 1.165) is 0 Å². The number of hydrogen-bond acceptors (Lipinski definition) is 7. The normalized spacial score (nSPS) is 13.9. The predicted octanol–water partition coefficient (Wildman–Crippen LogP) is 1.62. The Labute approximate surface area is 172 Å². The van der Waals surface area contributed by atoms with Crippen LogP contribution < -0.4 is 25.0 Å². The first kappa shape index (κ1) is 20.9. The molecule has 12 heteroatoms. The van der Waals surface area contributed by atoms with Gasteiger partial charge in [-0.1, -0.05) is 0 Å². The molecule has 10 nitrogen and oxygen atoms in total. The number of urea groups is 1. The molecule has 29 heavy (non-hydrogen) atoms. The van der Waals surface area contributed by atoms with Crippen LogP contribution in [0.3, 0.4) is 0 Å². The van der Waals surface area contributed by atoms with Gasteiger partial charge in [-0.15, -0.1) is 11.3 Å². The number of ether oxygens (including phenoxy) is 1. The zero-order valence-electron chi connectivity index (χ0n) is 15.9. The number of aromatic nitrogens is 1. The zero-order valence-corrected chi connectivity index (χ0v) is 17.5. The van der Waals surface area contributed by atoms with E-state index in [2.05, 4.69) is 20.3 Å². The number of carbonyl (C=O) groups excluding carboxylic acids is 2. The lowest BCUT2D eigenvalue weighted by Crippen LogP contribution is -2.27. The number of carbonyl (C=O) groups is 2. The number of rotatable bonds is 8. The van der Waals surface area contributed by atoms with Gasteiger partial charge in [-0.3, -0.25) is 14.4 Å². The number of sulfonamides is 1. The van der Waals surface area contributed by atoms with Crippen molar-refractivity contribution < 1.29 is 22.7 Å². The number of hydrogen-bond donors (Lipinski definition) is 3. The van der Waals surface area contributed by atoms with Gasteiger partial charge in [-0.05, 0) is 19.1 Å². The van der Waals surface area contributed by atoms with Crippen molar-refractivity contribution in [2.45, 2.75) is 13.3 Å². The Morgan fingerprint density at radius 1 is 1.41 bits per heavy atom. The van der Waals surface area contributed by atoms with Gasteiger partial charge in [0.05, 0.1) is 30.7 Å². The van der Waals surface area contributed by atoms with Crippen LogP contribution in [0.5, 0.6) is 5.75 Å². The fourth-order valence-electron chi connectivity index (χ4n) is 2.62. The van der Waals surface area contributed by atoms with Crippen molar-refractivity contribution in [2.75, 3.05) is 40.9 Å². The third-order valence-corrected chi connectivity index (χ3v) is 6.30. The number of methoxy groups -OCH3 is 1. The van der Waals surface area contributed by atoms with Gasteiger partial charge in [0.25, 0.3) is 0 Å². The van der Waals surface area contributed by atoms with Crippen LogP contribution in [0.15, 0.2) is 23.6 Å². The van der Waals surface area contributed by atoms with Crippen LogP contribution in [-0.4, -0.2) is 51.3 Å². The topological polar surface area (TPSA) is 130 Å². The summed E-state index contributed by atoms with van der Waals surface area (Å²) in [4.78, 5) is 29.9. The molecule has 1 aliphatic rings. The SMILES string of the molecule is CCS(=O)(=O)Nc1ccc(NC(=O)Cc2csc(N3CCNC3=O)n2)cc1OC. The number of nitrogens with one attached hydrogen (secondary N) is 3. The third kappa shape index (κ3) is 5.15. The molecular weight excluding hydrogens is 418 g/mol. The van der Waals surface area contributed by atoms with Crippen molar-refractivity contribution in [1.29, 1.82) is 0 Å². The van der Waals surface area contributed by atoms with E-state index in [1.54, 1.807) is 11.4 Å². The first-order chi connectivity index (χ1) is 13.8. The molecule has 2 heterocycles. The van der Waals surface area contributed by atoms with E-state index in [-0.39, 0.29) is 29.9 Å². The maximum absolute atomic E-state index is 12.3. The highest BCUT2D eigenvalue weighted by molar-refractivity contribution is 7.92. The second-order valence-electron chi connectivity index (χ2n) is 6.15. The van der Waals surface area contributed by atoms with E-state index in [9.17, 15) is 18.0 Å². The van der Waals surface area contributed by atoms with Gasteiger partial charge in [0.15, 0.2) is 5.13 Å². The van der Waals surface area contributed by atoms with Crippen LogP contribution in [0, 0.1) is 0 Å². The van der Waals surface area contributed by atoms with E-state index < -0.39 is 10.0 Å². The molecule has 1 aromatic heterocycles. The van der Waals surface area contributed by atoms with E-state index in [1.807, 2.05) is 0 Å². The Kier molecular flexibility index (Phi) is 6.23. The molecule has 3 N–H and O–H groups in total. The van der Waals surface area contributed by atoms with E-state index in [4.69, 9.17) is 4.74 Å². The molecule has 1 aliphatic heterocycles. The van der Waals surface area contributed by atoms with Crippen molar-refractivity contribution in [1.82, 2.24) is 10.3 Å². The fourth-order valence-corrected chi connectivity index (χ4v) is 4.12. The molecule has 0 atom stereocenters. The van der Waals surface area contributed by atoms with E-state index in [1.165, 1.54) is 42.4 Å². The van der Waals surface area contributed by atoms with Gasteiger partial charge in [0.2, 0.25) is 15.9 Å². The third-order valence-electron chi connectivity index (χ3n) is 4.10. The summed E-state index contributed by atoms with van der Waals surface area (Å²) < 4.78 is 31.1. The highest BCUT2D eigenvalue weighted by Crippen LogP contribution is 2.29. The van der Waals surface area contributed by atoms with Crippen LogP contribution in [0.2, 0.25) is 0 Å². The maximum Gasteiger partial charge on any atom is 0.323 e. The number of nitrogens with zero attached hydrogens (tertiary/aromatic N) is 2. The summed E-state index contributed by atoms with van der Waals surface area (Å²) in [6.45, 7) is 2.65. The molecule has 0 radical (unpaired) electrons. The lowest BCUT2D eigenvalue weighted by atomic mass is 10.2. The molecule has 0 saturated carbocycles. The van der Waals surface area contributed by atoms with Crippen molar-refractivity contribution in [3.63, 3.8) is 0 Å². The molecule has 1 aromatic carbocycles. The minimum atomic E-state index is -3.45. The summed E-state index contributed by atoms with van der Waals surface area (Å²) >= 11 is 1.30. The molecule has 1 fully saturated rings.